The van der Waals surface area contributed by atoms with E-state index in [1.807, 2.05) is 0 Å². The number of pyridine rings is 1. The van der Waals surface area contributed by atoms with Crippen LogP contribution in [0, 0.1) is 5.82 Å². The van der Waals surface area contributed by atoms with Gasteiger partial charge in [-0.05, 0) is 6.07 Å². The van der Waals surface area contributed by atoms with Crippen molar-refractivity contribution in [3.63, 3.8) is 0 Å². The summed E-state index contributed by atoms with van der Waals surface area (Å²) in [6.07, 6.45) is -2.85. The number of hydrogen-bond donors (Lipinski definition) is 1. The SMILES string of the molecule is O=C(O)Cc1ncc(F)cc1C(F)F. The molecule has 0 amide bonds. The Hall–Kier alpha value is -1.59. The van der Waals surface area contributed by atoms with Crippen molar-refractivity contribution in [2.24, 2.45) is 0 Å². The maximum atomic E-state index is 12.5. The largest absolute Gasteiger partial charge is 0.481 e. The Kier molecular flexibility index (Phi) is 3.06. The lowest BCUT2D eigenvalue weighted by Gasteiger charge is -2.05. The first-order valence-corrected chi connectivity index (χ1v) is 3.65. The van der Waals surface area contributed by atoms with Gasteiger partial charge in [0.2, 0.25) is 0 Å². The molecule has 0 aromatic carbocycles. The quantitative estimate of drug-likeness (QED) is 0.818. The average Bonchev–Trinajstić information content (AvgIpc) is 2.07. The lowest BCUT2D eigenvalue weighted by molar-refractivity contribution is -0.136. The predicted molar refractivity (Wildman–Crippen MR) is 40.5 cm³/mol. The Balaban J connectivity index is 3.08. The molecular formula is C8H6F3NO2. The van der Waals surface area contributed by atoms with E-state index in [0.717, 1.165) is 0 Å². The molecule has 1 rings (SSSR count). The molecule has 0 spiro atoms. The van der Waals surface area contributed by atoms with E-state index in [1.165, 1.54) is 0 Å². The minimum atomic E-state index is -2.92. The van der Waals surface area contributed by atoms with Crippen LogP contribution in [0.1, 0.15) is 17.7 Å². The van der Waals surface area contributed by atoms with Crippen LogP contribution in [0.4, 0.5) is 13.2 Å². The number of carbonyl (C=O) groups is 1. The van der Waals surface area contributed by atoms with Crippen molar-refractivity contribution in [1.29, 1.82) is 0 Å². The van der Waals surface area contributed by atoms with Gasteiger partial charge >= 0.3 is 5.97 Å². The second-order valence-electron chi connectivity index (χ2n) is 2.56. The number of nitrogens with zero attached hydrogens (tertiary/aromatic N) is 1. The van der Waals surface area contributed by atoms with Gasteiger partial charge in [0.25, 0.3) is 6.43 Å². The van der Waals surface area contributed by atoms with Gasteiger partial charge in [0.1, 0.15) is 5.82 Å². The van der Waals surface area contributed by atoms with Gasteiger partial charge in [-0.1, -0.05) is 0 Å². The van der Waals surface area contributed by atoms with E-state index < -0.39 is 30.2 Å². The van der Waals surface area contributed by atoms with Crippen molar-refractivity contribution in [3.8, 4) is 0 Å². The van der Waals surface area contributed by atoms with E-state index in [9.17, 15) is 18.0 Å². The van der Waals surface area contributed by atoms with Crippen LogP contribution in [0.2, 0.25) is 0 Å². The molecule has 0 atom stereocenters. The number of alkyl halides is 2. The maximum absolute atomic E-state index is 12.5. The van der Waals surface area contributed by atoms with E-state index >= 15 is 0 Å². The lowest BCUT2D eigenvalue weighted by Crippen LogP contribution is -2.07. The summed E-state index contributed by atoms with van der Waals surface area (Å²) in [7, 11) is 0. The zero-order chi connectivity index (χ0) is 10.7. The maximum Gasteiger partial charge on any atom is 0.309 e. The Morgan fingerprint density at radius 3 is 2.71 bits per heavy atom. The van der Waals surface area contributed by atoms with Crippen LogP contribution >= 0.6 is 0 Å². The van der Waals surface area contributed by atoms with Crippen LogP contribution in [0.15, 0.2) is 12.3 Å². The Labute approximate surface area is 77.2 Å². The highest BCUT2D eigenvalue weighted by molar-refractivity contribution is 5.70. The molecule has 0 saturated carbocycles. The third-order valence-electron chi connectivity index (χ3n) is 1.52. The zero-order valence-electron chi connectivity index (χ0n) is 6.88. The van der Waals surface area contributed by atoms with Crippen LogP contribution in [-0.4, -0.2) is 16.1 Å². The van der Waals surface area contributed by atoms with E-state index in [-0.39, 0.29) is 5.69 Å². The van der Waals surface area contributed by atoms with Crippen molar-refractivity contribution >= 4 is 5.97 Å². The van der Waals surface area contributed by atoms with Gasteiger partial charge in [-0.2, -0.15) is 0 Å². The molecule has 0 fully saturated rings. The number of hydrogen-bond acceptors (Lipinski definition) is 2. The topological polar surface area (TPSA) is 50.2 Å². The minimum Gasteiger partial charge on any atom is -0.481 e. The van der Waals surface area contributed by atoms with Crippen molar-refractivity contribution in [3.05, 3.63) is 29.3 Å². The van der Waals surface area contributed by atoms with E-state index in [0.29, 0.717) is 12.3 Å². The fraction of sp³-hybridized carbons (Fsp3) is 0.250. The molecule has 0 saturated heterocycles. The fourth-order valence-electron chi connectivity index (χ4n) is 0.963. The molecule has 1 heterocycles. The van der Waals surface area contributed by atoms with Crippen LogP contribution in [0.25, 0.3) is 0 Å². The van der Waals surface area contributed by atoms with Gasteiger partial charge in [-0.3, -0.25) is 9.78 Å². The number of aromatic nitrogens is 1. The highest BCUT2D eigenvalue weighted by Crippen LogP contribution is 2.22. The van der Waals surface area contributed by atoms with E-state index in [2.05, 4.69) is 4.98 Å². The molecule has 0 bridgehead atoms. The Morgan fingerprint density at radius 2 is 2.21 bits per heavy atom. The van der Waals surface area contributed by atoms with Gasteiger partial charge in [-0.25, -0.2) is 13.2 Å². The Bertz CT molecular complexity index is 354. The Morgan fingerprint density at radius 1 is 1.57 bits per heavy atom. The number of carboxylic acids is 1. The number of carboxylic acid groups (broad SMARTS) is 1. The van der Waals surface area contributed by atoms with Gasteiger partial charge in [0.05, 0.1) is 18.3 Å². The molecular weight excluding hydrogens is 199 g/mol. The second kappa shape index (κ2) is 4.08. The number of rotatable bonds is 3. The summed E-state index contributed by atoms with van der Waals surface area (Å²) in [6.45, 7) is 0. The third kappa shape index (κ3) is 2.45. The standard InChI is InChI=1S/C8H6F3NO2/c9-4-1-5(8(10)11)6(12-3-4)2-7(13)14/h1,3,8H,2H2,(H,13,14). The lowest BCUT2D eigenvalue weighted by atomic mass is 10.1. The molecule has 1 aromatic rings. The van der Waals surface area contributed by atoms with Crippen molar-refractivity contribution in [1.82, 2.24) is 4.98 Å². The zero-order valence-corrected chi connectivity index (χ0v) is 6.88. The van der Waals surface area contributed by atoms with Gasteiger partial charge in [-0.15, -0.1) is 0 Å². The smallest absolute Gasteiger partial charge is 0.309 e. The molecule has 0 unspecified atom stereocenters. The summed E-state index contributed by atoms with van der Waals surface area (Å²) in [5, 5.41) is 8.36. The second-order valence-corrected chi connectivity index (χ2v) is 2.56. The molecule has 3 nitrogen and oxygen atoms in total. The van der Waals surface area contributed by atoms with Crippen molar-refractivity contribution in [2.75, 3.05) is 0 Å². The van der Waals surface area contributed by atoms with Crippen LogP contribution < -0.4 is 0 Å². The molecule has 0 aliphatic heterocycles. The van der Waals surface area contributed by atoms with E-state index in [4.69, 9.17) is 5.11 Å². The normalized spacial score (nSPS) is 10.6. The summed E-state index contributed by atoms with van der Waals surface area (Å²) < 4.78 is 37.0. The number of halogens is 3. The summed E-state index contributed by atoms with van der Waals surface area (Å²) in [6, 6.07) is 0.593. The van der Waals surface area contributed by atoms with Crippen molar-refractivity contribution in [2.45, 2.75) is 12.8 Å². The monoisotopic (exact) mass is 205 g/mol. The minimum absolute atomic E-state index is 0.311. The fourth-order valence-corrected chi connectivity index (χ4v) is 0.963. The first-order valence-electron chi connectivity index (χ1n) is 3.65. The molecule has 14 heavy (non-hydrogen) atoms. The van der Waals surface area contributed by atoms with Crippen LogP contribution in [-0.2, 0) is 11.2 Å². The molecule has 0 aliphatic carbocycles. The molecule has 76 valence electrons. The summed E-state index contributed by atoms with van der Waals surface area (Å²) in [4.78, 5) is 13.6. The highest BCUT2D eigenvalue weighted by atomic mass is 19.3. The van der Waals surface area contributed by atoms with Crippen LogP contribution in [0.3, 0.4) is 0 Å². The van der Waals surface area contributed by atoms with Gasteiger partial charge in [0.15, 0.2) is 0 Å². The first-order chi connectivity index (χ1) is 6.50. The molecule has 1 N–H and O–H groups in total. The molecule has 6 heteroatoms. The van der Waals surface area contributed by atoms with Crippen molar-refractivity contribution < 1.29 is 23.1 Å². The summed E-state index contributed by atoms with van der Waals surface area (Å²) >= 11 is 0. The van der Waals surface area contributed by atoms with E-state index in [1.54, 1.807) is 0 Å². The highest BCUT2D eigenvalue weighted by Gasteiger charge is 2.17. The average molecular weight is 205 g/mol. The predicted octanol–water partition coefficient (Wildman–Crippen LogP) is 1.79. The van der Waals surface area contributed by atoms with Gasteiger partial charge in [0, 0.05) is 5.56 Å². The molecule has 1 aromatic heterocycles. The van der Waals surface area contributed by atoms with Gasteiger partial charge < -0.3 is 5.11 Å². The molecule has 0 radical (unpaired) electrons. The third-order valence-corrected chi connectivity index (χ3v) is 1.52. The molecule has 0 aliphatic rings. The first kappa shape index (κ1) is 10.5. The van der Waals surface area contributed by atoms with Crippen LogP contribution in [0.5, 0.6) is 0 Å². The summed E-state index contributed by atoms with van der Waals surface area (Å²) in [5.41, 5.74) is -0.985. The summed E-state index contributed by atoms with van der Waals surface area (Å²) in [5.74, 6) is -2.19. The number of aliphatic carboxylic acids is 1.